The van der Waals surface area contributed by atoms with Gasteiger partial charge in [-0.25, -0.2) is 4.68 Å². The highest BCUT2D eigenvalue weighted by Gasteiger charge is 2.07. The summed E-state index contributed by atoms with van der Waals surface area (Å²) in [5.74, 6) is 0.648. The standard InChI is InChI=1S/C9H10N4O2/c1-6-3-8(11-15-6)4-13-5-9(7(2)14)10-12-13/h3,5H,4H2,1-2H3. The second-order valence-electron chi connectivity index (χ2n) is 3.29. The van der Waals surface area contributed by atoms with Gasteiger partial charge in [-0.3, -0.25) is 4.79 Å². The Hall–Kier alpha value is -1.98. The van der Waals surface area contributed by atoms with Crippen LogP contribution in [0.4, 0.5) is 0 Å². The van der Waals surface area contributed by atoms with Crippen LogP contribution in [0.3, 0.4) is 0 Å². The van der Waals surface area contributed by atoms with E-state index in [1.165, 1.54) is 6.92 Å². The van der Waals surface area contributed by atoms with Crippen LogP contribution in [0, 0.1) is 6.92 Å². The minimum Gasteiger partial charge on any atom is -0.361 e. The van der Waals surface area contributed by atoms with Gasteiger partial charge in [0.2, 0.25) is 0 Å². The Morgan fingerprint density at radius 3 is 2.93 bits per heavy atom. The predicted molar refractivity (Wildman–Crippen MR) is 50.4 cm³/mol. The highest BCUT2D eigenvalue weighted by molar-refractivity contribution is 5.91. The minimum atomic E-state index is -0.0995. The molecule has 6 heteroatoms. The molecule has 0 unspecified atom stereocenters. The molecule has 6 nitrogen and oxygen atoms in total. The van der Waals surface area contributed by atoms with E-state index in [1.54, 1.807) is 10.9 Å². The predicted octanol–water partition coefficient (Wildman–Crippen LogP) is 0.825. The molecule has 0 aliphatic rings. The van der Waals surface area contributed by atoms with Crippen LogP contribution in [-0.2, 0) is 6.54 Å². The summed E-state index contributed by atoms with van der Waals surface area (Å²) in [6.45, 7) is 3.73. The molecule has 2 heterocycles. The van der Waals surface area contributed by atoms with Gasteiger partial charge in [-0.2, -0.15) is 0 Å². The molecule has 0 atom stereocenters. The average Bonchev–Trinajstić information content (AvgIpc) is 2.76. The Bertz CT molecular complexity index is 486. The summed E-state index contributed by atoms with van der Waals surface area (Å²) in [6, 6.07) is 1.81. The van der Waals surface area contributed by atoms with E-state index >= 15 is 0 Å². The number of hydrogen-bond acceptors (Lipinski definition) is 5. The van der Waals surface area contributed by atoms with Crippen molar-refractivity contribution in [3.8, 4) is 0 Å². The number of carbonyl (C=O) groups is 1. The number of hydrogen-bond donors (Lipinski definition) is 0. The zero-order chi connectivity index (χ0) is 10.8. The van der Waals surface area contributed by atoms with Gasteiger partial charge in [-0.15, -0.1) is 5.10 Å². The highest BCUT2D eigenvalue weighted by Crippen LogP contribution is 2.04. The molecule has 0 spiro atoms. The van der Waals surface area contributed by atoms with Crippen LogP contribution in [-0.4, -0.2) is 25.9 Å². The Labute approximate surface area is 85.9 Å². The quantitative estimate of drug-likeness (QED) is 0.695. The molecule has 0 aliphatic carbocycles. The Morgan fingerprint density at radius 1 is 1.60 bits per heavy atom. The van der Waals surface area contributed by atoms with Gasteiger partial charge < -0.3 is 4.52 Å². The van der Waals surface area contributed by atoms with Crippen molar-refractivity contribution in [1.82, 2.24) is 20.2 Å². The van der Waals surface area contributed by atoms with E-state index < -0.39 is 0 Å². The van der Waals surface area contributed by atoms with Crippen LogP contribution in [0.15, 0.2) is 16.8 Å². The summed E-state index contributed by atoms with van der Waals surface area (Å²) in [5, 5.41) is 11.3. The minimum absolute atomic E-state index is 0.0995. The lowest BCUT2D eigenvalue weighted by molar-refractivity contribution is 0.101. The van der Waals surface area contributed by atoms with Gasteiger partial charge in [0.25, 0.3) is 0 Å². The van der Waals surface area contributed by atoms with Crippen molar-refractivity contribution in [2.75, 3.05) is 0 Å². The summed E-state index contributed by atoms with van der Waals surface area (Å²) in [4.78, 5) is 11.0. The molecule has 2 aromatic rings. The fourth-order valence-corrected chi connectivity index (χ4v) is 1.20. The molecular formula is C9H10N4O2. The zero-order valence-corrected chi connectivity index (χ0v) is 8.47. The normalized spacial score (nSPS) is 10.5. The number of rotatable bonds is 3. The van der Waals surface area contributed by atoms with E-state index in [0.717, 1.165) is 11.5 Å². The van der Waals surface area contributed by atoms with Crippen LogP contribution in [0.5, 0.6) is 0 Å². The molecule has 2 aromatic heterocycles. The molecule has 0 saturated heterocycles. The largest absolute Gasteiger partial charge is 0.361 e. The van der Waals surface area contributed by atoms with Crippen LogP contribution in [0.1, 0.15) is 28.9 Å². The fraction of sp³-hybridized carbons (Fsp3) is 0.333. The smallest absolute Gasteiger partial charge is 0.181 e. The number of aromatic nitrogens is 4. The lowest BCUT2D eigenvalue weighted by Gasteiger charge is -1.92. The van der Waals surface area contributed by atoms with Crippen molar-refractivity contribution in [2.45, 2.75) is 20.4 Å². The highest BCUT2D eigenvalue weighted by atomic mass is 16.5. The molecule has 0 radical (unpaired) electrons. The zero-order valence-electron chi connectivity index (χ0n) is 8.47. The second kappa shape index (κ2) is 3.64. The third-order valence-corrected chi connectivity index (χ3v) is 1.90. The summed E-state index contributed by atoms with van der Waals surface area (Å²) >= 11 is 0. The van der Waals surface area contributed by atoms with E-state index in [-0.39, 0.29) is 5.78 Å². The van der Waals surface area contributed by atoms with Gasteiger partial charge >= 0.3 is 0 Å². The summed E-state index contributed by atoms with van der Waals surface area (Å²) < 4.78 is 6.46. The first kappa shape index (κ1) is 9.57. The maximum Gasteiger partial charge on any atom is 0.181 e. The molecule has 0 amide bonds. The number of nitrogens with zero attached hydrogens (tertiary/aromatic N) is 4. The summed E-state index contributed by atoms with van der Waals surface area (Å²) in [5.41, 5.74) is 1.11. The number of aryl methyl sites for hydroxylation is 1. The molecule has 0 saturated carbocycles. The van der Waals surface area contributed by atoms with E-state index in [0.29, 0.717) is 12.2 Å². The number of Topliss-reactive ketones (excluding diaryl/α,β-unsaturated/α-hetero) is 1. The van der Waals surface area contributed by atoms with Crippen molar-refractivity contribution in [1.29, 1.82) is 0 Å². The second-order valence-corrected chi connectivity index (χ2v) is 3.29. The van der Waals surface area contributed by atoms with Gasteiger partial charge in [0.1, 0.15) is 17.1 Å². The summed E-state index contributed by atoms with van der Waals surface area (Å²) in [7, 11) is 0. The Kier molecular flexibility index (Phi) is 2.32. The van der Waals surface area contributed by atoms with Crippen LogP contribution >= 0.6 is 0 Å². The molecule has 78 valence electrons. The molecule has 0 aromatic carbocycles. The third-order valence-electron chi connectivity index (χ3n) is 1.90. The van der Waals surface area contributed by atoms with Crippen LogP contribution in [0.2, 0.25) is 0 Å². The van der Waals surface area contributed by atoms with E-state index in [9.17, 15) is 4.79 Å². The van der Waals surface area contributed by atoms with Crippen molar-refractivity contribution < 1.29 is 9.32 Å². The molecule has 0 bridgehead atoms. The van der Waals surface area contributed by atoms with Crippen molar-refractivity contribution >= 4 is 5.78 Å². The van der Waals surface area contributed by atoms with Gasteiger partial charge in [0, 0.05) is 13.0 Å². The Balaban J connectivity index is 2.14. The van der Waals surface area contributed by atoms with Crippen molar-refractivity contribution in [3.05, 3.63) is 29.4 Å². The van der Waals surface area contributed by atoms with Gasteiger partial charge in [0.15, 0.2) is 5.78 Å². The SMILES string of the molecule is CC(=O)c1cn(Cc2cc(C)on2)nn1. The maximum absolute atomic E-state index is 11.0. The molecule has 0 fully saturated rings. The first-order valence-corrected chi connectivity index (χ1v) is 4.48. The maximum atomic E-state index is 11.0. The number of ketones is 1. The van der Waals surface area contributed by atoms with E-state index in [1.807, 2.05) is 13.0 Å². The van der Waals surface area contributed by atoms with E-state index in [2.05, 4.69) is 15.5 Å². The first-order chi connectivity index (χ1) is 7.15. The fourth-order valence-electron chi connectivity index (χ4n) is 1.20. The van der Waals surface area contributed by atoms with Gasteiger partial charge in [-0.1, -0.05) is 10.4 Å². The van der Waals surface area contributed by atoms with Crippen LogP contribution < -0.4 is 0 Å². The van der Waals surface area contributed by atoms with Crippen LogP contribution in [0.25, 0.3) is 0 Å². The lowest BCUT2D eigenvalue weighted by Crippen LogP contribution is -2.00. The molecule has 0 aliphatic heterocycles. The number of carbonyl (C=O) groups excluding carboxylic acids is 1. The van der Waals surface area contributed by atoms with Gasteiger partial charge in [0.05, 0.1) is 12.7 Å². The topological polar surface area (TPSA) is 73.8 Å². The van der Waals surface area contributed by atoms with Crippen molar-refractivity contribution in [2.24, 2.45) is 0 Å². The van der Waals surface area contributed by atoms with Gasteiger partial charge in [-0.05, 0) is 6.92 Å². The molecule has 2 rings (SSSR count). The molecule has 0 N–H and O–H groups in total. The molecular weight excluding hydrogens is 196 g/mol. The lowest BCUT2D eigenvalue weighted by atomic mass is 10.3. The first-order valence-electron chi connectivity index (χ1n) is 4.48. The third kappa shape index (κ3) is 2.09. The summed E-state index contributed by atoms with van der Waals surface area (Å²) in [6.07, 6.45) is 1.59. The van der Waals surface area contributed by atoms with E-state index in [4.69, 9.17) is 4.52 Å². The Morgan fingerprint density at radius 2 is 2.40 bits per heavy atom. The molecule has 15 heavy (non-hydrogen) atoms. The average molecular weight is 206 g/mol. The monoisotopic (exact) mass is 206 g/mol. The van der Waals surface area contributed by atoms with Crippen molar-refractivity contribution in [3.63, 3.8) is 0 Å².